The summed E-state index contributed by atoms with van der Waals surface area (Å²) in [6.45, 7) is 4.10. The number of nitrogens with one attached hydrogen (secondary N) is 1. The minimum Gasteiger partial charge on any atom is -0.481 e. The Morgan fingerprint density at radius 1 is 1.19 bits per heavy atom. The van der Waals surface area contributed by atoms with Crippen LogP contribution in [0.1, 0.15) is 53.1 Å². The van der Waals surface area contributed by atoms with Crippen molar-refractivity contribution in [3.05, 3.63) is 68.7 Å². The van der Waals surface area contributed by atoms with Crippen LogP contribution in [0.15, 0.2) is 46.9 Å². The molecule has 4 rings (SSSR count). The maximum Gasteiger partial charge on any atom is 0.303 e. The third-order valence-corrected chi connectivity index (χ3v) is 7.20. The number of aliphatic carboxylic acids is 1. The highest BCUT2D eigenvalue weighted by Crippen LogP contribution is 2.32. The lowest BCUT2D eigenvalue weighted by Crippen LogP contribution is -2.30. The summed E-state index contributed by atoms with van der Waals surface area (Å²) in [7, 11) is 0. The topological polar surface area (TPSA) is 114 Å². The van der Waals surface area contributed by atoms with Crippen molar-refractivity contribution in [1.29, 1.82) is 0 Å². The van der Waals surface area contributed by atoms with E-state index in [4.69, 9.17) is 16.6 Å². The van der Waals surface area contributed by atoms with Gasteiger partial charge in [-0.15, -0.1) is 12.4 Å². The summed E-state index contributed by atoms with van der Waals surface area (Å²) in [5.74, 6) is -0.437. The number of benzene rings is 2. The number of amides is 1. The molecule has 0 bridgehead atoms. The van der Waals surface area contributed by atoms with Gasteiger partial charge in [-0.2, -0.15) is 0 Å². The van der Waals surface area contributed by atoms with Crippen molar-refractivity contribution in [2.24, 2.45) is 0 Å². The van der Waals surface area contributed by atoms with Gasteiger partial charge in [-0.1, -0.05) is 45.7 Å². The van der Waals surface area contributed by atoms with Crippen LogP contribution in [0, 0.1) is 6.92 Å². The maximum absolute atomic E-state index is 13.6. The van der Waals surface area contributed by atoms with E-state index in [0.717, 1.165) is 58.3 Å². The number of nitrogens with zero attached hydrogens (tertiary/aromatic N) is 2. The summed E-state index contributed by atoms with van der Waals surface area (Å²) in [4.78, 5) is 32.0. The van der Waals surface area contributed by atoms with Gasteiger partial charge in [0.05, 0.1) is 11.1 Å². The van der Waals surface area contributed by atoms with Crippen LogP contribution < -0.4 is 10.2 Å². The molecular weight excluding hydrogens is 569 g/mol. The first kappa shape index (κ1) is 29.8. The van der Waals surface area contributed by atoms with Gasteiger partial charge in [0.2, 0.25) is 0 Å². The quantitative estimate of drug-likeness (QED) is 0.353. The van der Waals surface area contributed by atoms with Crippen molar-refractivity contribution in [2.45, 2.75) is 38.5 Å². The van der Waals surface area contributed by atoms with Gasteiger partial charge >= 0.3 is 5.97 Å². The fourth-order valence-corrected chi connectivity index (χ4v) is 5.27. The number of pyridine rings is 1. The average Bonchev–Trinajstić information content (AvgIpc) is 3.34. The molecule has 0 spiro atoms. The van der Waals surface area contributed by atoms with E-state index in [2.05, 4.69) is 26.1 Å². The van der Waals surface area contributed by atoms with E-state index in [-0.39, 0.29) is 42.7 Å². The van der Waals surface area contributed by atoms with Gasteiger partial charge in [-0.05, 0) is 56.0 Å². The van der Waals surface area contributed by atoms with Gasteiger partial charge in [0, 0.05) is 52.4 Å². The van der Waals surface area contributed by atoms with Crippen LogP contribution in [0.4, 0.5) is 5.82 Å². The molecule has 0 unspecified atom stereocenters. The molecule has 1 aliphatic rings. The fourth-order valence-electron chi connectivity index (χ4n) is 4.62. The molecule has 1 fully saturated rings. The number of carboxylic acid groups (broad SMARTS) is 1. The zero-order valence-corrected chi connectivity index (χ0v) is 23.0. The van der Waals surface area contributed by atoms with Crippen LogP contribution in [0.2, 0.25) is 5.02 Å². The SMILES string of the molecule is Cc1c(N2CCCC2)nc2ccc(Br)cc2c1C(=O)NC[C@H](CCC(=O)O)c1ccccc1Cl.Cl.O. The first-order chi connectivity index (χ1) is 16.3. The molecule has 1 atom stereocenters. The van der Waals surface area contributed by atoms with Crippen LogP contribution in [0.5, 0.6) is 0 Å². The van der Waals surface area contributed by atoms with Crippen molar-refractivity contribution >= 4 is 68.5 Å². The normalized spacial score (nSPS) is 13.6. The van der Waals surface area contributed by atoms with Crippen molar-refractivity contribution in [1.82, 2.24) is 10.3 Å². The van der Waals surface area contributed by atoms with Crippen molar-refractivity contribution in [3.63, 3.8) is 0 Å². The summed E-state index contributed by atoms with van der Waals surface area (Å²) in [6, 6.07) is 13.2. The molecular formula is C26H30BrCl2N3O4. The second-order valence-electron chi connectivity index (χ2n) is 8.65. The number of rotatable bonds is 8. The monoisotopic (exact) mass is 597 g/mol. The third-order valence-electron chi connectivity index (χ3n) is 6.36. The zero-order chi connectivity index (χ0) is 24.2. The number of fused-ring (bicyclic) bond motifs is 1. The Hall–Kier alpha value is -2.39. The number of carboxylic acids is 1. The summed E-state index contributed by atoms with van der Waals surface area (Å²) >= 11 is 9.92. The van der Waals surface area contributed by atoms with Crippen LogP contribution >= 0.6 is 39.9 Å². The van der Waals surface area contributed by atoms with Crippen molar-refractivity contribution in [2.75, 3.05) is 24.5 Å². The molecule has 1 saturated heterocycles. The second kappa shape index (κ2) is 13.2. The van der Waals surface area contributed by atoms with Gasteiger partial charge in [-0.25, -0.2) is 4.98 Å². The maximum atomic E-state index is 13.6. The molecule has 4 N–H and O–H groups in total. The van der Waals surface area contributed by atoms with Crippen LogP contribution in [-0.4, -0.2) is 47.1 Å². The molecule has 194 valence electrons. The standard InChI is InChI=1S/C26H27BrClN3O3.ClH.H2O/c1-16-24(20-14-18(27)9-10-22(20)30-25(16)31-12-4-5-13-31)26(34)29-15-17(8-11-23(32)33)19-6-2-3-7-21(19)28;;/h2-3,6-7,9-10,14,17H,4-5,8,11-13,15H2,1H3,(H,29,34)(H,32,33);1H;1H2/t17-;;/m0../s1. The minimum atomic E-state index is -0.876. The molecule has 7 nitrogen and oxygen atoms in total. The van der Waals surface area contributed by atoms with Crippen LogP contribution in [-0.2, 0) is 4.79 Å². The zero-order valence-electron chi connectivity index (χ0n) is 19.9. The van der Waals surface area contributed by atoms with E-state index in [1.54, 1.807) is 6.07 Å². The largest absolute Gasteiger partial charge is 0.481 e. The first-order valence-corrected chi connectivity index (χ1v) is 12.6. The predicted octanol–water partition coefficient (Wildman–Crippen LogP) is 5.53. The van der Waals surface area contributed by atoms with Gasteiger partial charge in [0.15, 0.2) is 0 Å². The van der Waals surface area contributed by atoms with E-state index in [0.29, 0.717) is 17.0 Å². The number of carbonyl (C=O) groups is 2. The van der Waals surface area contributed by atoms with Crippen LogP contribution in [0.3, 0.4) is 0 Å². The molecule has 0 aliphatic carbocycles. The Kier molecular flexibility index (Phi) is 11.0. The van der Waals surface area contributed by atoms with Gasteiger partial charge in [-0.3, -0.25) is 9.59 Å². The van der Waals surface area contributed by atoms with Gasteiger partial charge in [0.25, 0.3) is 5.91 Å². The summed E-state index contributed by atoms with van der Waals surface area (Å²) < 4.78 is 0.875. The van der Waals surface area contributed by atoms with Gasteiger partial charge in [0.1, 0.15) is 5.82 Å². The third kappa shape index (κ3) is 6.68. The molecule has 10 heteroatoms. The molecule has 1 aliphatic heterocycles. The van der Waals surface area contributed by atoms with E-state index in [1.807, 2.05) is 43.3 Å². The first-order valence-electron chi connectivity index (χ1n) is 11.4. The summed E-state index contributed by atoms with van der Waals surface area (Å²) in [5, 5.41) is 13.6. The Balaban J connectivity index is 0.00000228. The molecule has 3 aromatic rings. The summed E-state index contributed by atoms with van der Waals surface area (Å²) in [6.07, 6.45) is 2.60. The van der Waals surface area contributed by atoms with E-state index in [1.165, 1.54) is 0 Å². The lowest BCUT2D eigenvalue weighted by Gasteiger charge is -2.23. The molecule has 0 radical (unpaired) electrons. The Bertz CT molecular complexity index is 1240. The molecule has 2 heterocycles. The minimum absolute atomic E-state index is 0. The number of halogens is 3. The predicted molar refractivity (Wildman–Crippen MR) is 150 cm³/mol. The van der Waals surface area contributed by atoms with Crippen molar-refractivity contribution in [3.8, 4) is 0 Å². The second-order valence-corrected chi connectivity index (χ2v) is 9.97. The number of aromatic nitrogens is 1. The van der Waals surface area contributed by atoms with Crippen molar-refractivity contribution < 1.29 is 20.2 Å². The Morgan fingerprint density at radius 2 is 1.89 bits per heavy atom. The lowest BCUT2D eigenvalue weighted by atomic mass is 9.93. The summed E-state index contributed by atoms with van der Waals surface area (Å²) in [5.41, 5.74) is 3.06. The Morgan fingerprint density at radius 3 is 2.56 bits per heavy atom. The molecule has 36 heavy (non-hydrogen) atoms. The number of carbonyl (C=O) groups excluding carboxylic acids is 1. The smallest absolute Gasteiger partial charge is 0.303 e. The highest BCUT2D eigenvalue weighted by molar-refractivity contribution is 9.10. The van der Waals surface area contributed by atoms with Crippen LogP contribution in [0.25, 0.3) is 10.9 Å². The van der Waals surface area contributed by atoms with E-state index >= 15 is 0 Å². The molecule has 1 aromatic heterocycles. The average molecular weight is 599 g/mol. The number of hydrogen-bond donors (Lipinski definition) is 2. The number of hydrogen-bond acceptors (Lipinski definition) is 4. The Labute approximate surface area is 230 Å². The van der Waals surface area contributed by atoms with E-state index in [9.17, 15) is 14.7 Å². The van der Waals surface area contributed by atoms with Gasteiger partial charge < -0.3 is 20.8 Å². The fraction of sp³-hybridized carbons (Fsp3) is 0.346. The molecule has 1 amide bonds. The number of anilines is 1. The highest BCUT2D eigenvalue weighted by Gasteiger charge is 2.24. The van der Waals surface area contributed by atoms with E-state index < -0.39 is 5.97 Å². The molecule has 2 aromatic carbocycles. The lowest BCUT2D eigenvalue weighted by molar-refractivity contribution is -0.137. The highest BCUT2D eigenvalue weighted by atomic mass is 79.9. The molecule has 0 saturated carbocycles.